The second kappa shape index (κ2) is 4.98. The molecular formula is C15H20N2O3. The monoisotopic (exact) mass is 276 g/mol. The molecule has 5 nitrogen and oxygen atoms in total. The van der Waals surface area contributed by atoms with E-state index in [0.717, 1.165) is 48.7 Å². The molecule has 1 atom stereocenters. The van der Waals surface area contributed by atoms with E-state index in [1.54, 1.807) is 0 Å². The van der Waals surface area contributed by atoms with Gasteiger partial charge in [0.2, 0.25) is 6.41 Å². The largest absolute Gasteiger partial charge is 0.448 e. The maximum Gasteiger partial charge on any atom is 0.251 e. The highest BCUT2D eigenvalue weighted by Crippen LogP contribution is 2.47. The van der Waals surface area contributed by atoms with Gasteiger partial charge >= 0.3 is 0 Å². The minimum Gasteiger partial charge on any atom is -0.448 e. The van der Waals surface area contributed by atoms with Crippen molar-refractivity contribution < 1.29 is 14.3 Å². The van der Waals surface area contributed by atoms with Crippen LogP contribution >= 0.6 is 0 Å². The molecule has 0 bridgehead atoms. The first-order valence-corrected chi connectivity index (χ1v) is 7.06. The zero-order valence-corrected chi connectivity index (χ0v) is 11.9. The van der Waals surface area contributed by atoms with Gasteiger partial charge in [0.15, 0.2) is 11.5 Å². The van der Waals surface area contributed by atoms with Gasteiger partial charge in [-0.25, -0.2) is 0 Å². The quantitative estimate of drug-likeness (QED) is 0.830. The highest BCUT2D eigenvalue weighted by atomic mass is 16.7. The van der Waals surface area contributed by atoms with E-state index in [4.69, 9.17) is 9.47 Å². The summed E-state index contributed by atoms with van der Waals surface area (Å²) in [5.41, 5.74) is 1.67. The number of hydrogen-bond donors (Lipinski definition) is 2. The summed E-state index contributed by atoms with van der Waals surface area (Å²) in [6, 6.07) is 3.71. The number of nitrogens with one attached hydrogen (secondary N) is 2. The number of amides is 1. The molecule has 0 spiro atoms. The number of hydrogen-bond acceptors (Lipinski definition) is 4. The standard InChI is InChI=1S/C15H20N2O3/c1-10-12(17-9-18)3-4-13-14(10)20-15(2,19-13)11-5-7-16-8-6-11/h3-4,9,11,16H,5-8H2,1-2H3,(H,17,18). The Morgan fingerprint density at radius 2 is 2.10 bits per heavy atom. The third kappa shape index (κ3) is 2.12. The first-order valence-electron chi connectivity index (χ1n) is 7.06. The molecule has 2 aliphatic heterocycles. The molecule has 0 radical (unpaired) electrons. The van der Waals surface area contributed by atoms with Crippen molar-refractivity contribution in [3.05, 3.63) is 17.7 Å². The van der Waals surface area contributed by atoms with Crippen LogP contribution < -0.4 is 20.1 Å². The lowest BCUT2D eigenvalue weighted by Gasteiger charge is -2.35. The van der Waals surface area contributed by atoms with E-state index in [1.807, 2.05) is 26.0 Å². The Bertz CT molecular complexity index is 526. The van der Waals surface area contributed by atoms with Gasteiger partial charge in [-0.2, -0.15) is 0 Å². The Morgan fingerprint density at radius 1 is 1.35 bits per heavy atom. The lowest BCUT2D eigenvalue weighted by molar-refractivity contribution is -0.118. The summed E-state index contributed by atoms with van der Waals surface area (Å²) < 4.78 is 12.2. The first kappa shape index (κ1) is 13.2. The molecule has 3 rings (SSSR count). The summed E-state index contributed by atoms with van der Waals surface area (Å²) in [7, 11) is 0. The van der Waals surface area contributed by atoms with Gasteiger partial charge in [0.25, 0.3) is 5.79 Å². The van der Waals surface area contributed by atoms with Crippen molar-refractivity contribution in [1.29, 1.82) is 0 Å². The van der Waals surface area contributed by atoms with Gasteiger partial charge < -0.3 is 20.1 Å². The minimum absolute atomic E-state index is 0.373. The Hall–Kier alpha value is -1.75. The zero-order chi connectivity index (χ0) is 14.2. The molecule has 0 aliphatic carbocycles. The van der Waals surface area contributed by atoms with E-state index >= 15 is 0 Å². The highest BCUT2D eigenvalue weighted by molar-refractivity contribution is 5.76. The molecule has 2 heterocycles. The smallest absolute Gasteiger partial charge is 0.251 e. The maximum atomic E-state index is 10.6. The van der Waals surface area contributed by atoms with Crippen molar-refractivity contribution in [2.45, 2.75) is 32.5 Å². The molecule has 2 aliphatic rings. The molecule has 1 amide bonds. The van der Waals surface area contributed by atoms with E-state index in [0.29, 0.717) is 12.3 Å². The molecule has 20 heavy (non-hydrogen) atoms. The molecule has 2 N–H and O–H groups in total. The molecular weight excluding hydrogens is 256 g/mol. The summed E-state index contributed by atoms with van der Waals surface area (Å²) in [4.78, 5) is 10.6. The Labute approximate surface area is 118 Å². The van der Waals surface area contributed by atoms with Crippen molar-refractivity contribution in [3.8, 4) is 11.5 Å². The summed E-state index contributed by atoms with van der Waals surface area (Å²) in [6.45, 7) is 5.94. The van der Waals surface area contributed by atoms with Crippen LogP contribution in [0.25, 0.3) is 0 Å². The topological polar surface area (TPSA) is 59.6 Å². The fourth-order valence-corrected chi connectivity index (χ4v) is 3.05. The summed E-state index contributed by atoms with van der Waals surface area (Å²) in [5.74, 6) is 1.28. The van der Waals surface area contributed by atoms with Crippen LogP contribution in [0.4, 0.5) is 5.69 Å². The molecule has 108 valence electrons. The average molecular weight is 276 g/mol. The van der Waals surface area contributed by atoms with Crippen LogP contribution in [0.3, 0.4) is 0 Å². The van der Waals surface area contributed by atoms with E-state index in [2.05, 4.69) is 10.6 Å². The normalized spacial score (nSPS) is 25.5. The number of benzene rings is 1. The van der Waals surface area contributed by atoms with Crippen molar-refractivity contribution in [2.24, 2.45) is 5.92 Å². The number of piperidine rings is 1. The summed E-state index contributed by atoms with van der Waals surface area (Å²) >= 11 is 0. The number of ether oxygens (including phenoxy) is 2. The number of carbonyl (C=O) groups excluding carboxylic acids is 1. The van der Waals surface area contributed by atoms with Crippen molar-refractivity contribution in [1.82, 2.24) is 5.32 Å². The predicted octanol–water partition coefficient (Wildman–Crippen LogP) is 2.05. The number of anilines is 1. The molecule has 1 fully saturated rings. The number of carbonyl (C=O) groups is 1. The molecule has 1 unspecified atom stereocenters. The molecule has 1 saturated heterocycles. The molecule has 1 aromatic carbocycles. The predicted molar refractivity (Wildman–Crippen MR) is 76.1 cm³/mol. The van der Waals surface area contributed by atoms with Crippen LogP contribution in [0, 0.1) is 12.8 Å². The van der Waals surface area contributed by atoms with Gasteiger partial charge in [0.1, 0.15) is 0 Å². The first-order chi connectivity index (χ1) is 9.64. The second-order valence-corrected chi connectivity index (χ2v) is 5.57. The zero-order valence-electron chi connectivity index (χ0n) is 11.9. The van der Waals surface area contributed by atoms with Crippen molar-refractivity contribution in [3.63, 3.8) is 0 Å². The molecule has 0 aromatic heterocycles. The van der Waals surface area contributed by atoms with Gasteiger partial charge in [-0.05, 0) is 45.0 Å². The van der Waals surface area contributed by atoms with Gasteiger partial charge in [0.05, 0.1) is 0 Å². The van der Waals surface area contributed by atoms with Crippen LogP contribution in [0.1, 0.15) is 25.3 Å². The van der Waals surface area contributed by atoms with E-state index in [1.165, 1.54) is 0 Å². The lowest BCUT2D eigenvalue weighted by atomic mass is 9.90. The van der Waals surface area contributed by atoms with Crippen molar-refractivity contribution >= 4 is 12.1 Å². The maximum absolute atomic E-state index is 10.6. The molecule has 1 aromatic rings. The fourth-order valence-electron chi connectivity index (χ4n) is 3.05. The third-order valence-electron chi connectivity index (χ3n) is 4.28. The van der Waals surface area contributed by atoms with Crippen LogP contribution in [0.5, 0.6) is 11.5 Å². The van der Waals surface area contributed by atoms with Gasteiger partial charge in [-0.15, -0.1) is 0 Å². The van der Waals surface area contributed by atoms with Gasteiger partial charge in [0, 0.05) is 24.1 Å². The van der Waals surface area contributed by atoms with Crippen LogP contribution in [0.2, 0.25) is 0 Å². The fraction of sp³-hybridized carbons (Fsp3) is 0.533. The molecule has 5 heteroatoms. The number of rotatable bonds is 3. The minimum atomic E-state index is -0.602. The highest BCUT2D eigenvalue weighted by Gasteiger charge is 2.45. The summed E-state index contributed by atoms with van der Waals surface area (Å²) in [6.07, 6.45) is 2.77. The van der Waals surface area contributed by atoms with Crippen molar-refractivity contribution in [2.75, 3.05) is 18.4 Å². The SMILES string of the molecule is Cc1c(NC=O)ccc2c1OC(C)(C1CCNCC1)O2. The van der Waals surface area contributed by atoms with E-state index in [9.17, 15) is 4.79 Å². The second-order valence-electron chi connectivity index (χ2n) is 5.57. The van der Waals surface area contributed by atoms with Crippen LogP contribution in [0.15, 0.2) is 12.1 Å². The third-order valence-corrected chi connectivity index (χ3v) is 4.28. The Balaban J connectivity index is 1.87. The van der Waals surface area contributed by atoms with E-state index < -0.39 is 5.79 Å². The Kier molecular flexibility index (Phi) is 3.30. The number of fused-ring (bicyclic) bond motifs is 1. The summed E-state index contributed by atoms with van der Waals surface area (Å²) in [5, 5.41) is 6.04. The van der Waals surface area contributed by atoms with Gasteiger partial charge in [-0.3, -0.25) is 4.79 Å². The average Bonchev–Trinajstić information content (AvgIpc) is 2.82. The van der Waals surface area contributed by atoms with Gasteiger partial charge in [-0.1, -0.05) is 0 Å². The Morgan fingerprint density at radius 3 is 2.80 bits per heavy atom. The molecule has 0 saturated carbocycles. The van der Waals surface area contributed by atoms with E-state index in [-0.39, 0.29) is 0 Å². The van der Waals surface area contributed by atoms with Crippen LogP contribution in [-0.2, 0) is 4.79 Å². The van der Waals surface area contributed by atoms with Crippen LogP contribution in [-0.4, -0.2) is 25.3 Å². The lowest BCUT2D eigenvalue weighted by Crippen LogP contribution is -2.47.